The Bertz CT molecular complexity index is 103. The van der Waals surface area contributed by atoms with Crippen LogP contribution in [0.1, 0.15) is 0 Å². The second-order valence-electron chi connectivity index (χ2n) is 1.06. The standard InChI is InChI=1S/C2H2F3NO2/c3-1-2(4,5)6(7)8/h1H2. The molecule has 0 bridgehead atoms. The number of halogens is 3. The topological polar surface area (TPSA) is 43.1 Å². The second kappa shape index (κ2) is 1.97. The molecule has 0 N–H and O–H groups in total. The zero-order valence-electron chi connectivity index (χ0n) is 3.60. The first-order valence-electron chi connectivity index (χ1n) is 1.59. The summed E-state index contributed by atoms with van der Waals surface area (Å²) in [6, 6.07) is -4.40. The summed E-state index contributed by atoms with van der Waals surface area (Å²) in [7, 11) is 0. The van der Waals surface area contributed by atoms with E-state index in [1.165, 1.54) is 0 Å². The molecule has 0 rings (SSSR count). The molecule has 8 heavy (non-hydrogen) atoms. The van der Waals surface area contributed by atoms with Gasteiger partial charge in [0.2, 0.25) is 6.67 Å². The van der Waals surface area contributed by atoms with Crippen molar-refractivity contribution in [1.82, 2.24) is 0 Å². The largest absolute Gasteiger partial charge is 0.539 e. The molecule has 0 spiro atoms. The minimum absolute atomic E-state index is 1.97. The van der Waals surface area contributed by atoms with E-state index in [0.29, 0.717) is 0 Å². The highest BCUT2D eigenvalue weighted by atomic mass is 19.3. The normalized spacial score (nSPS) is 11.4. The van der Waals surface area contributed by atoms with E-state index in [1.54, 1.807) is 0 Å². The lowest BCUT2D eigenvalue weighted by Crippen LogP contribution is -2.29. The lowest BCUT2D eigenvalue weighted by Gasteiger charge is -1.98. The van der Waals surface area contributed by atoms with Crippen LogP contribution in [0.4, 0.5) is 13.2 Å². The van der Waals surface area contributed by atoms with E-state index < -0.39 is 17.6 Å². The molecule has 0 amide bonds. The van der Waals surface area contributed by atoms with E-state index in [-0.39, 0.29) is 0 Å². The van der Waals surface area contributed by atoms with Crippen LogP contribution in [0, 0.1) is 10.1 Å². The molecule has 48 valence electrons. The molecule has 0 aliphatic carbocycles. The van der Waals surface area contributed by atoms with Crippen LogP contribution in [-0.4, -0.2) is 17.6 Å². The van der Waals surface area contributed by atoms with Gasteiger partial charge in [0.25, 0.3) is 0 Å². The summed E-state index contributed by atoms with van der Waals surface area (Å²) in [5.74, 6) is 0. The Morgan fingerprint density at radius 1 is 1.62 bits per heavy atom. The Labute approximate surface area is 42.3 Å². The first-order chi connectivity index (χ1) is 3.50. The zero-order valence-corrected chi connectivity index (χ0v) is 3.60. The molecular weight excluding hydrogens is 127 g/mol. The Hall–Kier alpha value is -0.810. The summed E-state index contributed by atoms with van der Waals surface area (Å²) in [5.41, 5.74) is 0. The summed E-state index contributed by atoms with van der Waals surface area (Å²) in [6.45, 7) is -2.25. The van der Waals surface area contributed by atoms with Gasteiger partial charge in [-0.1, -0.05) is 0 Å². The average molecular weight is 129 g/mol. The minimum atomic E-state index is -4.40. The van der Waals surface area contributed by atoms with Crippen LogP contribution in [-0.2, 0) is 0 Å². The molecule has 0 radical (unpaired) electrons. The van der Waals surface area contributed by atoms with Crippen molar-refractivity contribution >= 4 is 0 Å². The van der Waals surface area contributed by atoms with Gasteiger partial charge in [-0.2, -0.15) is 0 Å². The first kappa shape index (κ1) is 7.19. The predicted octanol–water partition coefficient (Wildman–Crippen LogP) is 0.825. The molecule has 0 aliphatic heterocycles. The lowest BCUT2D eigenvalue weighted by molar-refractivity contribution is -0.644. The van der Waals surface area contributed by atoms with E-state index in [1.807, 2.05) is 0 Å². The summed E-state index contributed by atoms with van der Waals surface area (Å²) in [4.78, 5) is 7.10. The molecule has 3 nitrogen and oxygen atoms in total. The fourth-order valence-electron chi connectivity index (χ4n) is 0.0488. The monoisotopic (exact) mass is 129 g/mol. The number of alkyl halides is 3. The highest BCUT2D eigenvalue weighted by Crippen LogP contribution is 2.12. The number of nitrogens with zero attached hydrogens (tertiary/aromatic N) is 1. The summed E-state index contributed by atoms with van der Waals surface area (Å²) in [5, 5.41) is 9.07. The maximum Gasteiger partial charge on any atom is 0.539 e. The van der Waals surface area contributed by atoms with Crippen molar-refractivity contribution in [2.24, 2.45) is 0 Å². The van der Waals surface area contributed by atoms with E-state index in [0.717, 1.165) is 0 Å². The van der Waals surface area contributed by atoms with Crippen molar-refractivity contribution in [3.8, 4) is 0 Å². The van der Waals surface area contributed by atoms with E-state index in [9.17, 15) is 13.2 Å². The van der Waals surface area contributed by atoms with Crippen LogP contribution in [0.5, 0.6) is 0 Å². The van der Waals surface area contributed by atoms with Gasteiger partial charge in [0.05, 0.1) is 4.92 Å². The van der Waals surface area contributed by atoms with E-state index >= 15 is 0 Å². The summed E-state index contributed by atoms with van der Waals surface area (Å²) in [6.07, 6.45) is 0. The molecule has 0 aromatic carbocycles. The van der Waals surface area contributed by atoms with Gasteiger partial charge < -0.3 is 0 Å². The van der Waals surface area contributed by atoms with Gasteiger partial charge in [-0.15, -0.1) is 8.78 Å². The maximum atomic E-state index is 11.2. The summed E-state index contributed by atoms with van der Waals surface area (Å²) < 4.78 is 33.2. The third kappa shape index (κ3) is 1.36. The van der Waals surface area contributed by atoms with Crippen molar-refractivity contribution in [2.75, 3.05) is 6.67 Å². The van der Waals surface area contributed by atoms with Gasteiger partial charge in [0.15, 0.2) is 0 Å². The van der Waals surface area contributed by atoms with Gasteiger partial charge in [-0.3, -0.25) is 10.1 Å². The van der Waals surface area contributed by atoms with E-state index in [4.69, 9.17) is 10.1 Å². The molecule has 0 atom stereocenters. The summed E-state index contributed by atoms with van der Waals surface area (Å²) >= 11 is 0. The molecule has 0 saturated heterocycles. The lowest BCUT2D eigenvalue weighted by atomic mass is 10.6. The molecule has 0 unspecified atom stereocenters. The molecule has 6 heteroatoms. The van der Waals surface area contributed by atoms with Crippen molar-refractivity contribution in [3.05, 3.63) is 10.1 Å². The van der Waals surface area contributed by atoms with Crippen molar-refractivity contribution in [1.29, 1.82) is 0 Å². The number of hydrogen-bond acceptors (Lipinski definition) is 2. The third-order valence-corrected chi connectivity index (χ3v) is 0.428. The van der Waals surface area contributed by atoms with E-state index in [2.05, 4.69) is 0 Å². The van der Waals surface area contributed by atoms with Crippen molar-refractivity contribution < 1.29 is 18.1 Å². The highest BCUT2D eigenvalue weighted by Gasteiger charge is 2.43. The van der Waals surface area contributed by atoms with Crippen LogP contribution in [0.3, 0.4) is 0 Å². The third-order valence-electron chi connectivity index (χ3n) is 0.428. The zero-order chi connectivity index (χ0) is 6.78. The average Bonchev–Trinajstić information content (AvgIpc) is 1.67. The fraction of sp³-hybridized carbons (Fsp3) is 1.00. The Kier molecular flexibility index (Phi) is 1.77. The second-order valence-corrected chi connectivity index (χ2v) is 1.06. The fourth-order valence-corrected chi connectivity index (χ4v) is 0.0488. The van der Waals surface area contributed by atoms with Crippen LogP contribution in [0.15, 0.2) is 0 Å². The maximum absolute atomic E-state index is 11.2. The molecule has 0 aliphatic rings. The van der Waals surface area contributed by atoms with Gasteiger partial charge in [-0.25, -0.2) is 4.39 Å². The number of rotatable bonds is 2. The number of nitro groups is 1. The smallest absolute Gasteiger partial charge is 0.259 e. The molecule has 0 aromatic rings. The first-order valence-corrected chi connectivity index (χ1v) is 1.59. The SMILES string of the molecule is O=[N+]([O-])C(F)(F)CF. The van der Waals surface area contributed by atoms with Crippen LogP contribution >= 0.6 is 0 Å². The Balaban J connectivity index is 3.91. The van der Waals surface area contributed by atoms with Crippen LogP contribution in [0.2, 0.25) is 0 Å². The van der Waals surface area contributed by atoms with Gasteiger partial charge in [0, 0.05) is 0 Å². The molecule has 0 fully saturated rings. The van der Waals surface area contributed by atoms with Gasteiger partial charge in [-0.05, 0) is 0 Å². The molecule has 0 aromatic heterocycles. The van der Waals surface area contributed by atoms with Gasteiger partial charge >= 0.3 is 6.05 Å². The molecule has 0 saturated carbocycles. The quantitative estimate of drug-likeness (QED) is 0.314. The Morgan fingerprint density at radius 3 is 2.00 bits per heavy atom. The highest BCUT2D eigenvalue weighted by molar-refractivity contribution is 4.43. The predicted molar refractivity (Wildman–Crippen MR) is 17.9 cm³/mol. The van der Waals surface area contributed by atoms with Crippen molar-refractivity contribution in [3.63, 3.8) is 0 Å². The minimum Gasteiger partial charge on any atom is -0.259 e. The van der Waals surface area contributed by atoms with Crippen molar-refractivity contribution in [2.45, 2.75) is 6.05 Å². The van der Waals surface area contributed by atoms with Crippen LogP contribution < -0.4 is 0 Å². The molecular formula is C2H2F3NO2. The Morgan fingerprint density at radius 2 is 2.00 bits per heavy atom. The van der Waals surface area contributed by atoms with Gasteiger partial charge in [0.1, 0.15) is 0 Å². The molecule has 0 heterocycles. The van der Waals surface area contributed by atoms with Crippen LogP contribution in [0.25, 0.3) is 0 Å². The number of hydrogen-bond donors (Lipinski definition) is 0.